The average Bonchev–Trinajstić information content (AvgIpc) is 2.70. The number of hydrogen-bond acceptors (Lipinski definition) is 4. The molecular formula is C26H31NO3. The Bertz CT molecular complexity index is 1030. The predicted octanol–water partition coefficient (Wildman–Crippen LogP) is 6.37. The van der Waals surface area contributed by atoms with Gasteiger partial charge < -0.3 is 14.8 Å². The van der Waals surface area contributed by atoms with E-state index in [4.69, 9.17) is 9.47 Å². The number of esters is 1. The fourth-order valence-corrected chi connectivity index (χ4v) is 3.51. The molecular weight excluding hydrogens is 374 g/mol. The number of hydrogen-bond donors (Lipinski definition) is 1. The third-order valence-corrected chi connectivity index (χ3v) is 5.16. The molecule has 0 aliphatic carbocycles. The minimum atomic E-state index is -0.837. The number of methoxy groups -OCH3 is 1. The summed E-state index contributed by atoms with van der Waals surface area (Å²) in [6.07, 6.45) is 0. The van der Waals surface area contributed by atoms with Crippen molar-refractivity contribution in [3.05, 3.63) is 72.3 Å². The summed E-state index contributed by atoms with van der Waals surface area (Å²) in [7, 11) is 1.64. The lowest BCUT2D eigenvalue weighted by molar-refractivity contribution is -0.166. The molecule has 0 heterocycles. The molecule has 0 fully saturated rings. The zero-order valence-electron chi connectivity index (χ0n) is 18.7. The summed E-state index contributed by atoms with van der Waals surface area (Å²) >= 11 is 0. The van der Waals surface area contributed by atoms with E-state index in [-0.39, 0.29) is 12.0 Å². The van der Waals surface area contributed by atoms with Crippen LogP contribution in [0.15, 0.2) is 66.7 Å². The number of carbonyl (C=O) groups is 1. The highest BCUT2D eigenvalue weighted by Gasteiger charge is 2.41. The van der Waals surface area contributed by atoms with Gasteiger partial charge in [0.15, 0.2) is 0 Å². The van der Waals surface area contributed by atoms with Gasteiger partial charge in [0.25, 0.3) is 0 Å². The van der Waals surface area contributed by atoms with Gasteiger partial charge in [-0.05, 0) is 69.2 Å². The van der Waals surface area contributed by atoms with E-state index in [0.717, 1.165) is 27.8 Å². The van der Waals surface area contributed by atoms with Crippen molar-refractivity contribution in [2.24, 2.45) is 5.41 Å². The summed E-state index contributed by atoms with van der Waals surface area (Å²) in [5, 5.41) is 5.85. The van der Waals surface area contributed by atoms with Gasteiger partial charge in [0.2, 0.25) is 0 Å². The molecule has 3 aromatic rings. The van der Waals surface area contributed by atoms with Crippen LogP contribution in [0.2, 0.25) is 0 Å². The Kier molecular flexibility index (Phi) is 6.06. The van der Waals surface area contributed by atoms with Crippen LogP contribution >= 0.6 is 0 Å². The summed E-state index contributed by atoms with van der Waals surface area (Å²) < 4.78 is 11.3. The van der Waals surface area contributed by atoms with Crippen molar-refractivity contribution in [2.75, 3.05) is 12.4 Å². The van der Waals surface area contributed by atoms with Crippen molar-refractivity contribution in [3.63, 3.8) is 0 Å². The van der Waals surface area contributed by atoms with Gasteiger partial charge in [-0.1, -0.05) is 48.5 Å². The molecule has 3 rings (SSSR count). The standard InChI is InChI=1S/C26H31NO3/c1-25(2,3)30-24(28)26(4,5)23(27-21-13-9-10-14-22(21)29-6)20-16-15-18-11-7-8-12-19(18)17-20/h7-17,23,27H,1-6H3. The van der Waals surface area contributed by atoms with Crippen molar-refractivity contribution in [3.8, 4) is 5.75 Å². The number of benzene rings is 3. The molecule has 1 N–H and O–H groups in total. The van der Waals surface area contributed by atoms with Gasteiger partial charge >= 0.3 is 5.97 Å². The van der Waals surface area contributed by atoms with Crippen LogP contribution in [0, 0.1) is 5.41 Å². The minimum Gasteiger partial charge on any atom is -0.495 e. The van der Waals surface area contributed by atoms with E-state index in [2.05, 4.69) is 35.6 Å². The quantitative estimate of drug-likeness (QED) is 0.484. The largest absolute Gasteiger partial charge is 0.495 e. The lowest BCUT2D eigenvalue weighted by atomic mass is 9.79. The average molecular weight is 406 g/mol. The smallest absolute Gasteiger partial charge is 0.314 e. The molecule has 3 aromatic carbocycles. The van der Waals surface area contributed by atoms with E-state index in [1.165, 1.54) is 0 Å². The number of para-hydroxylation sites is 2. The Balaban J connectivity index is 2.08. The van der Waals surface area contributed by atoms with E-state index >= 15 is 0 Å². The molecule has 4 heteroatoms. The summed E-state index contributed by atoms with van der Waals surface area (Å²) in [4.78, 5) is 13.2. The van der Waals surface area contributed by atoms with Gasteiger partial charge in [-0.15, -0.1) is 0 Å². The molecule has 158 valence electrons. The highest BCUT2D eigenvalue weighted by atomic mass is 16.6. The molecule has 0 amide bonds. The first-order chi connectivity index (χ1) is 14.1. The summed E-state index contributed by atoms with van der Waals surface area (Å²) in [6.45, 7) is 9.51. The van der Waals surface area contributed by atoms with E-state index in [0.29, 0.717) is 0 Å². The van der Waals surface area contributed by atoms with Crippen molar-refractivity contribution in [1.29, 1.82) is 0 Å². The number of fused-ring (bicyclic) bond motifs is 1. The van der Waals surface area contributed by atoms with Crippen LogP contribution < -0.4 is 10.1 Å². The van der Waals surface area contributed by atoms with Crippen molar-refractivity contribution < 1.29 is 14.3 Å². The van der Waals surface area contributed by atoms with E-state index in [9.17, 15) is 4.79 Å². The summed E-state index contributed by atoms with van der Waals surface area (Å²) in [6, 6.07) is 21.9. The molecule has 1 atom stereocenters. The van der Waals surface area contributed by atoms with Crippen LogP contribution in [0.5, 0.6) is 5.75 Å². The van der Waals surface area contributed by atoms with Crippen molar-refractivity contribution in [2.45, 2.75) is 46.3 Å². The highest BCUT2D eigenvalue weighted by molar-refractivity contribution is 5.84. The fraction of sp³-hybridized carbons (Fsp3) is 0.346. The minimum absolute atomic E-state index is 0.254. The molecule has 0 saturated carbocycles. The molecule has 0 spiro atoms. The van der Waals surface area contributed by atoms with Gasteiger partial charge in [-0.3, -0.25) is 4.79 Å². The molecule has 0 radical (unpaired) electrons. The first kappa shape index (κ1) is 21.7. The maximum atomic E-state index is 13.2. The monoisotopic (exact) mass is 405 g/mol. The second-order valence-electron chi connectivity index (χ2n) is 9.11. The predicted molar refractivity (Wildman–Crippen MR) is 123 cm³/mol. The first-order valence-corrected chi connectivity index (χ1v) is 10.2. The SMILES string of the molecule is COc1ccccc1NC(c1ccc2ccccc2c1)C(C)(C)C(=O)OC(C)(C)C. The number of anilines is 1. The maximum absolute atomic E-state index is 13.2. The Morgan fingerprint density at radius 3 is 2.17 bits per heavy atom. The molecule has 0 bridgehead atoms. The normalized spacial score (nSPS) is 13.0. The Morgan fingerprint density at radius 1 is 0.867 bits per heavy atom. The van der Waals surface area contributed by atoms with Gasteiger partial charge in [0, 0.05) is 0 Å². The molecule has 0 aromatic heterocycles. The van der Waals surface area contributed by atoms with E-state index in [1.54, 1.807) is 7.11 Å². The van der Waals surface area contributed by atoms with Gasteiger partial charge in [-0.2, -0.15) is 0 Å². The van der Waals surface area contributed by atoms with Gasteiger partial charge in [-0.25, -0.2) is 0 Å². The number of rotatable bonds is 6. The topological polar surface area (TPSA) is 47.6 Å². The molecule has 4 nitrogen and oxygen atoms in total. The van der Waals surface area contributed by atoms with Crippen LogP contribution in [0.25, 0.3) is 10.8 Å². The van der Waals surface area contributed by atoms with E-state index < -0.39 is 11.0 Å². The lowest BCUT2D eigenvalue weighted by Crippen LogP contribution is -2.40. The Hall–Kier alpha value is -3.01. The second kappa shape index (κ2) is 8.39. The molecule has 30 heavy (non-hydrogen) atoms. The van der Waals surface area contributed by atoms with Crippen LogP contribution in [-0.2, 0) is 9.53 Å². The molecule has 0 saturated heterocycles. The zero-order valence-corrected chi connectivity index (χ0v) is 18.7. The summed E-state index contributed by atoms with van der Waals surface area (Å²) in [5.41, 5.74) is 0.439. The van der Waals surface area contributed by atoms with Gasteiger partial charge in [0.1, 0.15) is 11.4 Å². The Labute approximate surface area is 179 Å². The lowest BCUT2D eigenvalue weighted by Gasteiger charge is -2.36. The first-order valence-electron chi connectivity index (χ1n) is 10.2. The van der Waals surface area contributed by atoms with Crippen molar-refractivity contribution in [1.82, 2.24) is 0 Å². The highest BCUT2D eigenvalue weighted by Crippen LogP contribution is 2.41. The molecule has 0 aliphatic rings. The Morgan fingerprint density at radius 2 is 1.50 bits per heavy atom. The fourth-order valence-electron chi connectivity index (χ4n) is 3.51. The molecule has 1 unspecified atom stereocenters. The van der Waals surface area contributed by atoms with Gasteiger partial charge in [0.05, 0.1) is 24.3 Å². The third kappa shape index (κ3) is 4.76. The van der Waals surface area contributed by atoms with E-state index in [1.807, 2.05) is 71.0 Å². The number of nitrogens with one attached hydrogen (secondary N) is 1. The van der Waals surface area contributed by atoms with Crippen LogP contribution in [0.3, 0.4) is 0 Å². The number of carbonyl (C=O) groups excluding carboxylic acids is 1. The maximum Gasteiger partial charge on any atom is 0.314 e. The third-order valence-electron chi connectivity index (χ3n) is 5.16. The molecule has 0 aliphatic heterocycles. The van der Waals surface area contributed by atoms with Crippen LogP contribution in [-0.4, -0.2) is 18.7 Å². The second-order valence-corrected chi connectivity index (χ2v) is 9.11. The van der Waals surface area contributed by atoms with Crippen LogP contribution in [0.1, 0.15) is 46.2 Å². The van der Waals surface area contributed by atoms with Crippen molar-refractivity contribution >= 4 is 22.4 Å². The van der Waals surface area contributed by atoms with Crippen LogP contribution in [0.4, 0.5) is 5.69 Å². The number of ether oxygens (including phenoxy) is 2. The zero-order chi connectivity index (χ0) is 21.9. The summed E-state index contributed by atoms with van der Waals surface area (Å²) in [5.74, 6) is 0.471.